The Balaban J connectivity index is 2.18. The first-order valence-electron chi connectivity index (χ1n) is 7.33. The standard InChI is InChI=1S/C18H15BrO4S/c1-24(21,22)15-7-5-12(6-8-15)17(16-9-10-23-18(16)20)13-3-2-4-14(19)11-13/h2-8,11H,9-10H2,1H3/b17-16-. The van der Waals surface area contributed by atoms with Crippen molar-refractivity contribution in [2.24, 2.45) is 0 Å². The normalized spacial score (nSPS) is 16.8. The molecule has 0 radical (unpaired) electrons. The van der Waals surface area contributed by atoms with Crippen LogP contribution in [-0.4, -0.2) is 27.2 Å². The molecule has 0 N–H and O–H groups in total. The number of carbonyl (C=O) groups is 1. The average molecular weight is 407 g/mol. The Hall–Kier alpha value is -1.92. The molecule has 1 aliphatic rings. The van der Waals surface area contributed by atoms with E-state index in [-0.39, 0.29) is 10.9 Å². The number of hydrogen-bond donors (Lipinski definition) is 0. The second-order valence-corrected chi connectivity index (χ2v) is 8.48. The molecule has 2 aromatic rings. The summed E-state index contributed by atoms with van der Waals surface area (Å²) in [7, 11) is -3.26. The van der Waals surface area contributed by atoms with Gasteiger partial charge in [-0.3, -0.25) is 0 Å². The van der Waals surface area contributed by atoms with E-state index < -0.39 is 9.84 Å². The molecule has 2 aromatic carbocycles. The summed E-state index contributed by atoms with van der Waals surface area (Å²) < 4.78 is 29.3. The molecule has 0 aromatic heterocycles. The number of ether oxygens (including phenoxy) is 1. The van der Waals surface area contributed by atoms with Crippen molar-refractivity contribution in [3.63, 3.8) is 0 Å². The molecule has 0 bridgehead atoms. The molecule has 1 aliphatic heterocycles. The summed E-state index contributed by atoms with van der Waals surface area (Å²) in [6, 6.07) is 14.2. The molecule has 124 valence electrons. The Morgan fingerprint density at radius 2 is 1.79 bits per heavy atom. The predicted octanol–water partition coefficient (Wildman–Crippen LogP) is 3.60. The van der Waals surface area contributed by atoms with Crippen molar-refractivity contribution < 1.29 is 17.9 Å². The number of benzene rings is 2. The lowest BCUT2D eigenvalue weighted by Gasteiger charge is -2.12. The van der Waals surface area contributed by atoms with Gasteiger partial charge in [-0.2, -0.15) is 0 Å². The molecule has 0 unspecified atom stereocenters. The van der Waals surface area contributed by atoms with Crippen molar-refractivity contribution in [3.8, 4) is 0 Å². The topological polar surface area (TPSA) is 60.4 Å². The summed E-state index contributed by atoms with van der Waals surface area (Å²) >= 11 is 3.45. The quantitative estimate of drug-likeness (QED) is 0.576. The number of esters is 1. The summed E-state index contributed by atoms with van der Waals surface area (Å²) in [5.41, 5.74) is 3.05. The van der Waals surface area contributed by atoms with Crippen molar-refractivity contribution in [2.75, 3.05) is 12.9 Å². The van der Waals surface area contributed by atoms with E-state index >= 15 is 0 Å². The van der Waals surface area contributed by atoms with E-state index in [9.17, 15) is 13.2 Å². The molecule has 6 heteroatoms. The second kappa shape index (κ2) is 6.53. The van der Waals surface area contributed by atoms with Crippen LogP contribution in [0, 0.1) is 0 Å². The number of halogens is 1. The molecule has 0 aliphatic carbocycles. The molecule has 0 saturated carbocycles. The third-order valence-corrected chi connectivity index (χ3v) is 5.44. The first kappa shape index (κ1) is 16.9. The predicted molar refractivity (Wildman–Crippen MR) is 95.3 cm³/mol. The molecule has 1 saturated heterocycles. The minimum Gasteiger partial charge on any atom is -0.462 e. The van der Waals surface area contributed by atoms with Gasteiger partial charge in [-0.05, 0) is 41.0 Å². The van der Waals surface area contributed by atoms with Crippen LogP contribution < -0.4 is 0 Å². The van der Waals surface area contributed by atoms with Crippen LogP contribution in [0.3, 0.4) is 0 Å². The summed E-state index contributed by atoms with van der Waals surface area (Å²) in [6.45, 7) is 0.368. The van der Waals surface area contributed by atoms with Gasteiger partial charge in [-0.25, -0.2) is 13.2 Å². The number of cyclic esters (lactones) is 1. The summed E-state index contributed by atoms with van der Waals surface area (Å²) in [5.74, 6) is -0.322. The van der Waals surface area contributed by atoms with Crippen molar-refractivity contribution in [3.05, 3.63) is 69.7 Å². The van der Waals surface area contributed by atoms with Gasteiger partial charge < -0.3 is 4.74 Å². The fourth-order valence-electron chi connectivity index (χ4n) is 2.69. The molecule has 1 heterocycles. The third-order valence-electron chi connectivity index (χ3n) is 3.82. The number of carbonyl (C=O) groups excluding carboxylic acids is 1. The Kier molecular flexibility index (Phi) is 4.60. The highest BCUT2D eigenvalue weighted by atomic mass is 79.9. The lowest BCUT2D eigenvalue weighted by Crippen LogP contribution is -2.02. The minimum absolute atomic E-state index is 0.249. The molecular weight excluding hydrogens is 392 g/mol. The average Bonchev–Trinajstić information content (AvgIpc) is 2.93. The zero-order valence-corrected chi connectivity index (χ0v) is 15.4. The van der Waals surface area contributed by atoms with Crippen LogP contribution in [0.4, 0.5) is 0 Å². The highest BCUT2D eigenvalue weighted by Gasteiger charge is 2.25. The van der Waals surface area contributed by atoms with Crippen LogP contribution in [-0.2, 0) is 19.4 Å². The molecular formula is C18H15BrO4S. The van der Waals surface area contributed by atoms with E-state index in [4.69, 9.17) is 4.74 Å². The Morgan fingerprint density at radius 1 is 1.08 bits per heavy atom. The van der Waals surface area contributed by atoms with Gasteiger partial charge in [0.25, 0.3) is 0 Å². The lowest BCUT2D eigenvalue weighted by molar-refractivity contribution is -0.135. The van der Waals surface area contributed by atoms with Crippen molar-refractivity contribution in [1.29, 1.82) is 0 Å². The monoisotopic (exact) mass is 406 g/mol. The second-order valence-electron chi connectivity index (χ2n) is 5.55. The Labute approximate surface area is 149 Å². The van der Waals surface area contributed by atoms with Crippen LogP contribution in [0.5, 0.6) is 0 Å². The lowest BCUT2D eigenvalue weighted by atomic mass is 9.92. The van der Waals surface area contributed by atoms with Crippen LogP contribution >= 0.6 is 15.9 Å². The molecule has 1 fully saturated rings. The maximum Gasteiger partial charge on any atom is 0.334 e. The molecule has 4 nitrogen and oxygen atoms in total. The number of hydrogen-bond acceptors (Lipinski definition) is 4. The fraction of sp³-hybridized carbons (Fsp3) is 0.167. The van der Waals surface area contributed by atoms with E-state index in [0.717, 1.165) is 21.2 Å². The van der Waals surface area contributed by atoms with Gasteiger partial charge >= 0.3 is 5.97 Å². The summed E-state index contributed by atoms with van der Waals surface area (Å²) in [4.78, 5) is 12.3. The van der Waals surface area contributed by atoms with Crippen molar-refractivity contribution in [1.82, 2.24) is 0 Å². The van der Waals surface area contributed by atoms with E-state index in [2.05, 4.69) is 15.9 Å². The van der Waals surface area contributed by atoms with Crippen LogP contribution in [0.1, 0.15) is 17.5 Å². The first-order valence-corrected chi connectivity index (χ1v) is 10.0. The van der Waals surface area contributed by atoms with Gasteiger partial charge in [0.1, 0.15) is 0 Å². The fourth-order valence-corrected chi connectivity index (χ4v) is 3.72. The Morgan fingerprint density at radius 3 is 2.33 bits per heavy atom. The highest BCUT2D eigenvalue weighted by molar-refractivity contribution is 9.10. The third kappa shape index (κ3) is 3.44. The van der Waals surface area contributed by atoms with Crippen LogP contribution in [0.2, 0.25) is 0 Å². The number of sulfone groups is 1. The van der Waals surface area contributed by atoms with Gasteiger partial charge in [0, 0.05) is 22.7 Å². The Bertz CT molecular complexity index is 928. The van der Waals surface area contributed by atoms with E-state index in [1.165, 1.54) is 6.26 Å². The maximum atomic E-state index is 12.1. The first-order chi connectivity index (χ1) is 11.4. The van der Waals surface area contributed by atoms with Gasteiger partial charge in [0.2, 0.25) is 0 Å². The zero-order chi connectivity index (χ0) is 17.3. The highest BCUT2D eigenvalue weighted by Crippen LogP contribution is 2.33. The van der Waals surface area contributed by atoms with E-state index in [1.807, 2.05) is 24.3 Å². The van der Waals surface area contributed by atoms with E-state index in [1.54, 1.807) is 24.3 Å². The summed E-state index contributed by atoms with van der Waals surface area (Å²) in [6.07, 6.45) is 1.71. The maximum absolute atomic E-state index is 12.1. The van der Waals surface area contributed by atoms with Gasteiger partial charge in [0.05, 0.1) is 11.5 Å². The van der Waals surface area contributed by atoms with Crippen LogP contribution in [0.25, 0.3) is 5.57 Å². The van der Waals surface area contributed by atoms with E-state index in [0.29, 0.717) is 18.6 Å². The zero-order valence-electron chi connectivity index (χ0n) is 13.0. The van der Waals surface area contributed by atoms with Crippen molar-refractivity contribution >= 4 is 37.3 Å². The smallest absolute Gasteiger partial charge is 0.334 e. The number of rotatable bonds is 3. The molecule has 0 spiro atoms. The molecule has 24 heavy (non-hydrogen) atoms. The van der Waals surface area contributed by atoms with Crippen molar-refractivity contribution in [2.45, 2.75) is 11.3 Å². The minimum atomic E-state index is -3.26. The SMILES string of the molecule is CS(=O)(=O)c1ccc(/C(=C2\CCOC2=O)c2cccc(Br)c2)cc1. The van der Waals surface area contributed by atoms with Gasteiger partial charge in [-0.1, -0.05) is 40.2 Å². The molecule has 3 rings (SSSR count). The molecule has 0 atom stereocenters. The molecule has 0 amide bonds. The summed E-state index contributed by atoms with van der Waals surface area (Å²) in [5, 5.41) is 0. The van der Waals surface area contributed by atoms with Gasteiger partial charge in [-0.15, -0.1) is 0 Å². The van der Waals surface area contributed by atoms with Gasteiger partial charge in [0.15, 0.2) is 9.84 Å². The van der Waals surface area contributed by atoms with Crippen LogP contribution in [0.15, 0.2) is 63.5 Å². The largest absolute Gasteiger partial charge is 0.462 e.